The predicted molar refractivity (Wildman–Crippen MR) is 99.8 cm³/mol. The summed E-state index contributed by atoms with van der Waals surface area (Å²) in [5.74, 6) is -2.47. The first kappa shape index (κ1) is 19.7. The largest absolute Gasteiger partial charge is 0.337 e. The number of halogens is 2. The van der Waals surface area contributed by atoms with Crippen molar-refractivity contribution < 1.29 is 22.0 Å². The molecule has 0 spiro atoms. The van der Waals surface area contributed by atoms with Gasteiger partial charge in [0.2, 0.25) is 15.9 Å². The smallest absolute Gasteiger partial charge is 0.249 e. The molecule has 9 heteroatoms. The fraction of sp³-hybridized carbons (Fsp3) is 0.278. The maximum atomic E-state index is 13.9. The standard InChI is InChI=1S/C18H18F2N2O3S2/c1-13-5-6-14(26-13)7-8-17(23)21-9-11-22(12-10-21)27(24,25)18-15(19)3-2-4-16(18)20/h2-8H,9-12H2,1H3/b8-7+. The zero-order valence-electron chi connectivity index (χ0n) is 14.6. The Morgan fingerprint density at radius 2 is 1.70 bits per heavy atom. The zero-order chi connectivity index (χ0) is 19.6. The van der Waals surface area contributed by atoms with Gasteiger partial charge in [-0.2, -0.15) is 4.31 Å². The number of carbonyl (C=O) groups excluding carboxylic acids is 1. The van der Waals surface area contributed by atoms with Crippen molar-refractivity contribution in [1.29, 1.82) is 0 Å². The van der Waals surface area contributed by atoms with E-state index in [-0.39, 0.29) is 32.1 Å². The summed E-state index contributed by atoms with van der Waals surface area (Å²) < 4.78 is 53.8. The molecular formula is C18H18F2N2O3S2. The summed E-state index contributed by atoms with van der Waals surface area (Å²) in [5.41, 5.74) is 0. The van der Waals surface area contributed by atoms with Crippen LogP contribution in [-0.4, -0.2) is 49.7 Å². The van der Waals surface area contributed by atoms with Gasteiger partial charge in [-0.15, -0.1) is 11.3 Å². The number of rotatable bonds is 4. The number of amides is 1. The lowest BCUT2D eigenvalue weighted by atomic mass is 10.3. The van der Waals surface area contributed by atoms with E-state index in [0.717, 1.165) is 32.3 Å². The Kier molecular flexibility index (Phi) is 5.73. The van der Waals surface area contributed by atoms with Gasteiger partial charge in [-0.3, -0.25) is 4.79 Å². The summed E-state index contributed by atoms with van der Waals surface area (Å²) in [5, 5.41) is 0. The minimum atomic E-state index is -4.30. The molecule has 1 fully saturated rings. The summed E-state index contributed by atoms with van der Waals surface area (Å²) >= 11 is 1.56. The highest BCUT2D eigenvalue weighted by Gasteiger charge is 2.33. The number of hydrogen-bond donors (Lipinski definition) is 0. The van der Waals surface area contributed by atoms with Crippen molar-refractivity contribution in [2.45, 2.75) is 11.8 Å². The molecule has 1 amide bonds. The van der Waals surface area contributed by atoms with Crippen molar-refractivity contribution >= 4 is 33.3 Å². The monoisotopic (exact) mass is 412 g/mol. The molecule has 1 aromatic carbocycles. The molecule has 0 radical (unpaired) electrons. The third-order valence-corrected chi connectivity index (χ3v) is 7.14. The van der Waals surface area contributed by atoms with E-state index in [0.29, 0.717) is 0 Å². The average Bonchev–Trinajstić information content (AvgIpc) is 3.05. The van der Waals surface area contributed by atoms with Gasteiger partial charge in [0.1, 0.15) is 11.6 Å². The molecule has 1 aliphatic heterocycles. The molecule has 27 heavy (non-hydrogen) atoms. The molecule has 144 valence electrons. The number of sulfonamides is 1. The number of hydrogen-bond acceptors (Lipinski definition) is 4. The molecule has 1 saturated heterocycles. The number of thiophene rings is 1. The average molecular weight is 412 g/mol. The van der Waals surface area contributed by atoms with Crippen molar-refractivity contribution in [3.8, 4) is 0 Å². The lowest BCUT2D eigenvalue weighted by molar-refractivity contribution is -0.127. The van der Waals surface area contributed by atoms with Crippen LogP contribution in [0.2, 0.25) is 0 Å². The van der Waals surface area contributed by atoms with Crippen LogP contribution >= 0.6 is 11.3 Å². The van der Waals surface area contributed by atoms with E-state index in [1.807, 2.05) is 19.1 Å². The Morgan fingerprint density at radius 1 is 1.07 bits per heavy atom. The van der Waals surface area contributed by atoms with E-state index >= 15 is 0 Å². The highest BCUT2D eigenvalue weighted by Crippen LogP contribution is 2.23. The first-order valence-electron chi connectivity index (χ1n) is 8.26. The normalized spacial score (nSPS) is 16.2. The van der Waals surface area contributed by atoms with Crippen molar-refractivity contribution in [3.05, 3.63) is 57.8 Å². The van der Waals surface area contributed by atoms with Crippen LogP contribution in [0, 0.1) is 18.6 Å². The molecular weight excluding hydrogens is 394 g/mol. The highest BCUT2D eigenvalue weighted by molar-refractivity contribution is 7.89. The summed E-state index contributed by atoms with van der Waals surface area (Å²) in [6, 6.07) is 6.80. The summed E-state index contributed by atoms with van der Waals surface area (Å²) in [6.45, 7) is 2.24. The van der Waals surface area contributed by atoms with Gasteiger partial charge in [0, 0.05) is 42.0 Å². The summed E-state index contributed by atoms with van der Waals surface area (Å²) in [6.07, 6.45) is 3.17. The molecule has 3 rings (SSSR count). The molecule has 0 aliphatic carbocycles. The fourth-order valence-electron chi connectivity index (χ4n) is 2.81. The minimum absolute atomic E-state index is 0.0200. The van der Waals surface area contributed by atoms with Gasteiger partial charge in [0.15, 0.2) is 4.90 Å². The number of nitrogens with zero attached hydrogens (tertiary/aromatic N) is 2. The first-order chi connectivity index (χ1) is 12.8. The predicted octanol–water partition coefficient (Wildman–Crippen LogP) is 2.88. The topological polar surface area (TPSA) is 57.7 Å². The first-order valence-corrected chi connectivity index (χ1v) is 10.5. The van der Waals surface area contributed by atoms with E-state index in [1.54, 1.807) is 17.4 Å². The Hall–Kier alpha value is -2.10. The quantitative estimate of drug-likeness (QED) is 0.726. The van der Waals surface area contributed by atoms with Gasteiger partial charge in [-0.05, 0) is 37.3 Å². The number of aryl methyl sites for hydroxylation is 1. The van der Waals surface area contributed by atoms with Gasteiger partial charge in [0.05, 0.1) is 0 Å². The molecule has 1 aromatic heterocycles. The molecule has 1 aliphatic rings. The van der Waals surface area contributed by atoms with Crippen molar-refractivity contribution in [2.24, 2.45) is 0 Å². The van der Waals surface area contributed by atoms with Gasteiger partial charge < -0.3 is 4.90 Å². The van der Waals surface area contributed by atoms with Crippen molar-refractivity contribution in [3.63, 3.8) is 0 Å². The van der Waals surface area contributed by atoms with E-state index in [1.165, 1.54) is 11.0 Å². The van der Waals surface area contributed by atoms with Gasteiger partial charge in [-0.1, -0.05) is 6.07 Å². The van der Waals surface area contributed by atoms with Crippen LogP contribution in [0.15, 0.2) is 41.3 Å². The van der Waals surface area contributed by atoms with Gasteiger partial charge in [-0.25, -0.2) is 17.2 Å². The lowest BCUT2D eigenvalue weighted by Gasteiger charge is -2.33. The lowest BCUT2D eigenvalue weighted by Crippen LogP contribution is -2.50. The molecule has 0 bridgehead atoms. The molecule has 5 nitrogen and oxygen atoms in total. The number of benzene rings is 1. The SMILES string of the molecule is Cc1ccc(/C=C/C(=O)N2CCN(S(=O)(=O)c3c(F)cccc3F)CC2)s1. The van der Waals surface area contributed by atoms with Gasteiger partial charge >= 0.3 is 0 Å². The van der Waals surface area contributed by atoms with Crippen LogP contribution in [-0.2, 0) is 14.8 Å². The Bertz CT molecular complexity index is 958. The molecule has 2 aromatic rings. The van der Waals surface area contributed by atoms with E-state index in [4.69, 9.17) is 0 Å². The second-order valence-corrected chi connectivity index (χ2v) is 9.26. The van der Waals surface area contributed by atoms with Gasteiger partial charge in [0.25, 0.3) is 0 Å². The van der Waals surface area contributed by atoms with E-state index in [9.17, 15) is 22.0 Å². The molecule has 2 heterocycles. The third kappa shape index (κ3) is 4.26. The van der Waals surface area contributed by atoms with Crippen LogP contribution in [0.4, 0.5) is 8.78 Å². The van der Waals surface area contributed by atoms with Crippen LogP contribution in [0.1, 0.15) is 9.75 Å². The van der Waals surface area contributed by atoms with Crippen LogP contribution in [0.3, 0.4) is 0 Å². The molecule has 0 saturated carbocycles. The minimum Gasteiger partial charge on any atom is -0.337 e. The maximum absolute atomic E-state index is 13.9. The number of carbonyl (C=O) groups is 1. The Morgan fingerprint density at radius 3 is 2.26 bits per heavy atom. The second-order valence-electron chi connectivity index (χ2n) is 6.06. The molecule has 0 unspecified atom stereocenters. The van der Waals surface area contributed by atoms with E-state index < -0.39 is 26.6 Å². The summed E-state index contributed by atoms with van der Waals surface area (Å²) in [4.78, 5) is 14.9. The Labute approximate surface area is 160 Å². The fourth-order valence-corrected chi connectivity index (χ4v) is 5.12. The Balaban J connectivity index is 1.66. The molecule has 0 atom stereocenters. The third-order valence-electron chi connectivity index (χ3n) is 4.22. The highest BCUT2D eigenvalue weighted by atomic mass is 32.2. The summed E-state index contributed by atoms with van der Waals surface area (Å²) in [7, 11) is -4.30. The van der Waals surface area contributed by atoms with E-state index in [2.05, 4.69) is 0 Å². The maximum Gasteiger partial charge on any atom is 0.249 e. The number of piperazine rings is 1. The van der Waals surface area contributed by atoms with Crippen LogP contribution < -0.4 is 0 Å². The molecule has 0 N–H and O–H groups in total. The van der Waals surface area contributed by atoms with Crippen molar-refractivity contribution in [1.82, 2.24) is 9.21 Å². The van der Waals surface area contributed by atoms with Crippen molar-refractivity contribution in [2.75, 3.05) is 26.2 Å². The second kappa shape index (κ2) is 7.87. The zero-order valence-corrected chi connectivity index (χ0v) is 16.2. The van der Waals surface area contributed by atoms with Crippen LogP contribution in [0.5, 0.6) is 0 Å². The van der Waals surface area contributed by atoms with Crippen LogP contribution in [0.25, 0.3) is 6.08 Å².